The number of hydrogen-bond acceptors (Lipinski definition) is 2. The molecule has 2 rings (SSSR count). The number of fused-ring (bicyclic) bond motifs is 1. The molecule has 20 heavy (non-hydrogen) atoms. The Hall–Kier alpha value is -1.29. The zero-order valence-electron chi connectivity index (χ0n) is 12.2. The maximum Gasteiger partial charge on any atom is 0.289 e. The molecule has 1 heterocycles. The van der Waals surface area contributed by atoms with E-state index in [1.165, 1.54) is 0 Å². The molecule has 108 valence electrons. The number of halogens is 1. The molecular weight excluding hydrogens is 318 g/mol. The molecular formula is C16H20BrNO2. The van der Waals surface area contributed by atoms with Crippen LogP contribution in [0.1, 0.15) is 42.8 Å². The molecule has 0 radical (unpaired) electrons. The maximum absolute atomic E-state index is 12.6. The van der Waals surface area contributed by atoms with Crippen LogP contribution in [-0.2, 0) is 0 Å². The largest absolute Gasteiger partial charge is 0.451 e. The van der Waals surface area contributed by atoms with Gasteiger partial charge in [0.1, 0.15) is 5.58 Å². The standard InChI is InChI=1S/C16H20BrNO2/c1-4-8-18(9-5-2)16(19)15-11(3)13-10-12(17)6-7-14(13)20-15/h6-7,10H,4-5,8-9H2,1-3H3. The zero-order valence-corrected chi connectivity index (χ0v) is 13.8. The molecule has 1 aromatic heterocycles. The summed E-state index contributed by atoms with van der Waals surface area (Å²) in [7, 11) is 0. The minimum atomic E-state index is -0.00137. The second kappa shape index (κ2) is 6.44. The first kappa shape index (κ1) is 15.1. The van der Waals surface area contributed by atoms with Gasteiger partial charge in [-0.15, -0.1) is 0 Å². The third kappa shape index (κ3) is 2.90. The van der Waals surface area contributed by atoms with Crippen LogP contribution in [0.2, 0.25) is 0 Å². The number of carbonyl (C=O) groups excluding carboxylic acids is 1. The van der Waals surface area contributed by atoms with Crippen LogP contribution in [-0.4, -0.2) is 23.9 Å². The van der Waals surface area contributed by atoms with Gasteiger partial charge in [0.2, 0.25) is 0 Å². The van der Waals surface area contributed by atoms with E-state index in [4.69, 9.17) is 4.42 Å². The Bertz CT molecular complexity index is 612. The lowest BCUT2D eigenvalue weighted by Gasteiger charge is -2.20. The van der Waals surface area contributed by atoms with Crippen molar-refractivity contribution in [2.75, 3.05) is 13.1 Å². The average Bonchev–Trinajstić information content (AvgIpc) is 2.75. The predicted octanol–water partition coefficient (Wildman–Crippen LogP) is 4.77. The van der Waals surface area contributed by atoms with Gasteiger partial charge in [-0.25, -0.2) is 0 Å². The van der Waals surface area contributed by atoms with Crippen molar-refractivity contribution in [1.82, 2.24) is 4.90 Å². The van der Waals surface area contributed by atoms with Gasteiger partial charge in [0.15, 0.2) is 5.76 Å². The van der Waals surface area contributed by atoms with Crippen LogP contribution in [0.4, 0.5) is 0 Å². The first-order valence-corrected chi connectivity index (χ1v) is 7.85. The summed E-state index contributed by atoms with van der Waals surface area (Å²) in [4.78, 5) is 14.5. The van der Waals surface area contributed by atoms with E-state index in [2.05, 4.69) is 29.8 Å². The minimum Gasteiger partial charge on any atom is -0.451 e. The van der Waals surface area contributed by atoms with Crippen LogP contribution in [0.5, 0.6) is 0 Å². The lowest BCUT2D eigenvalue weighted by Crippen LogP contribution is -2.32. The summed E-state index contributed by atoms with van der Waals surface area (Å²) in [6, 6.07) is 5.82. The molecule has 4 heteroatoms. The average molecular weight is 338 g/mol. The monoisotopic (exact) mass is 337 g/mol. The highest BCUT2D eigenvalue weighted by molar-refractivity contribution is 9.10. The highest BCUT2D eigenvalue weighted by atomic mass is 79.9. The molecule has 1 aromatic carbocycles. The molecule has 0 atom stereocenters. The van der Waals surface area contributed by atoms with Crippen molar-refractivity contribution in [1.29, 1.82) is 0 Å². The molecule has 0 aliphatic rings. The second-order valence-electron chi connectivity index (χ2n) is 4.99. The minimum absolute atomic E-state index is 0.00137. The molecule has 1 amide bonds. The van der Waals surface area contributed by atoms with Crippen molar-refractivity contribution in [2.45, 2.75) is 33.6 Å². The van der Waals surface area contributed by atoms with Crippen LogP contribution >= 0.6 is 15.9 Å². The molecule has 0 N–H and O–H groups in total. The van der Waals surface area contributed by atoms with Gasteiger partial charge >= 0.3 is 0 Å². The van der Waals surface area contributed by atoms with Crippen molar-refractivity contribution in [2.24, 2.45) is 0 Å². The summed E-state index contributed by atoms with van der Waals surface area (Å²) in [6.07, 6.45) is 1.91. The maximum atomic E-state index is 12.6. The second-order valence-corrected chi connectivity index (χ2v) is 5.90. The summed E-state index contributed by atoms with van der Waals surface area (Å²) in [5.74, 6) is 0.471. The Balaban J connectivity index is 2.40. The van der Waals surface area contributed by atoms with Crippen molar-refractivity contribution in [3.05, 3.63) is 34.0 Å². The number of benzene rings is 1. The topological polar surface area (TPSA) is 33.5 Å². The smallest absolute Gasteiger partial charge is 0.289 e. The van der Waals surface area contributed by atoms with E-state index in [1.54, 1.807) is 0 Å². The molecule has 0 spiro atoms. The van der Waals surface area contributed by atoms with Gasteiger partial charge in [0.25, 0.3) is 5.91 Å². The first-order valence-electron chi connectivity index (χ1n) is 7.06. The zero-order chi connectivity index (χ0) is 14.7. The Morgan fingerprint density at radius 3 is 2.50 bits per heavy atom. The van der Waals surface area contributed by atoms with Crippen LogP contribution < -0.4 is 0 Å². The molecule has 2 aromatic rings. The fourth-order valence-corrected chi connectivity index (χ4v) is 2.76. The molecule has 0 fully saturated rings. The number of nitrogens with zero attached hydrogens (tertiary/aromatic N) is 1. The quantitative estimate of drug-likeness (QED) is 0.787. The number of aryl methyl sites for hydroxylation is 1. The molecule has 0 unspecified atom stereocenters. The van der Waals surface area contributed by atoms with Crippen molar-refractivity contribution in [3.8, 4) is 0 Å². The van der Waals surface area contributed by atoms with Gasteiger partial charge in [-0.1, -0.05) is 29.8 Å². The summed E-state index contributed by atoms with van der Waals surface area (Å²) in [6.45, 7) is 7.65. The van der Waals surface area contributed by atoms with Crippen LogP contribution in [0.3, 0.4) is 0 Å². The highest BCUT2D eigenvalue weighted by Gasteiger charge is 2.22. The van der Waals surface area contributed by atoms with Crippen LogP contribution in [0.25, 0.3) is 11.0 Å². The molecule has 0 aliphatic carbocycles. The lowest BCUT2D eigenvalue weighted by atomic mass is 10.1. The Labute approximate surface area is 128 Å². The number of furan rings is 1. The van der Waals surface area contributed by atoms with E-state index >= 15 is 0 Å². The number of rotatable bonds is 5. The van der Waals surface area contributed by atoms with E-state index in [0.717, 1.165) is 46.9 Å². The molecule has 0 saturated heterocycles. The van der Waals surface area contributed by atoms with Crippen molar-refractivity contribution in [3.63, 3.8) is 0 Å². The molecule has 0 saturated carbocycles. The third-order valence-corrected chi connectivity index (χ3v) is 3.86. The third-order valence-electron chi connectivity index (χ3n) is 3.37. The SMILES string of the molecule is CCCN(CCC)C(=O)c1oc2ccc(Br)cc2c1C. The predicted molar refractivity (Wildman–Crippen MR) is 85.1 cm³/mol. The first-order chi connectivity index (χ1) is 9.58. The molecule has 3 nitrogen and oxygen atoms in total. The fourth-order valence-electron chi connectivity index (χ4n) is 2.40. The van der Waals surface area contributed by atoms with Gasteiger partial charge in [-0.2, -0.15) is 0 Å². The van der Waals surface area contributed by atoms with E-state index in [9.17, 15) is 4.79 Å². The molecule has 0 bridgehead atoms. The summed E-state index contributed by atoms with van der Waals surface area (Å²) in [5.41, 5.74) is 1.69. The van der Waals surface area contributed by atoms with Gasteiger partial charge in [0.05, 0.1) is 0 Å². The summed E-state index contributed by atoms with van der Waals surface area (Å²) < 4.78 is 6.77. The van der Waals surface area contributed by atoms with E-state index in [0.29, 0.717) is 5.76 Å². The Morgan fingerprint density at radius 1 is 1.25 bits per heavy atom. The van der Waals surface area contributed by atoms with Crippen LogP contribution in [0, 0.1) is 6.92 Å². The summed E-state index contributed by atoms with van der Waals surface area (Å²) in [5, 5.41) is 0.996. The highest BCUT2D eigenvalue weighted by Crippen LogP contribution is 2.28. The van der Waals surface area contributed by atoms with E-state index < -0.39 is 0 Å². The number of hydrogen-bond donors (Lipinski definition) is 0. The van der Waals surface area contributed by atoms with Gasteiger partial charge in [-0.3, -0.25) is 4.79 Å². The Morgan fingerprint density at radius 2 is 1.90 bits per heavy atom. The van der Waals surface area contributed by atoms with Crippen molar-refractivity contribution < 1.29 is 9.21 Å². The van der Waals surface area contributed by atoms with Gasteiger partial charge < -0.3 is 9.32 Å². The normalized spacial score (nSPS) is 11.0. The van der Waals surface area contributed by atoms with E-state index in [1.807, 2.05) is 30.0 Å². The van der Waals surface area contributed by atoms with E-state index in [-0.39, 0.29) is 5.91 Å². The van der Waals surface area contributed by atoms with Crippen LogP contribution in [0.15, 0.2) is 27.1 Å². The molecule has 0 aliphatic heterocycles. The fraction of sp³-hybridized carbons (Fsp3) is 0.438. The lowest BCUT2D eigenvalue weighted by molar-refractivity contribution is 0.0725. The van der Waals surface area contributed by atoms with Gasteiger partial charge in [-0.05, 0) is 38.0 Å². The number of carbonyl (C=O) groups is 1. The number of amides is 1. The van der Waals surface area contributed by atoms with Crippen molar-refractivity contribution >= 4 is 32.8 Å². The van der Waals surface area contributed by atoms with Gasteiger partial charge in [0, 0.05) is 28.5 Å². The Kier molecular flexibility index (Phi) is 4.86. The summed E-state index contributed by atoms with van der Waals surface area (Å²) >= 11 is 3.45.